The average Bonchev–Trinajstić information content (AvgIpc) is 2.33. The summed E-state index contributed by atoms with van der Waals surface area (Å²) in [5.74, 6) is -0.746. The summed E-state index contributed by atoms with van der Waals surface area (Å²) >= 11 is 0. The maximum Gasteiger partial charge on any atom is 0.326 e. The van der Waals surface area contributed by atoms with Crippen molar-refractivity contribution in [2.45, 2.75) is 52.2 Å². The lowest BCUT2D eigenvalue weighted by molar-refractivity contribution is -0.139. The van der Waals surface area contributed by atoms with Crippen LogP contribution in [0.25, 0.3) is 0 Å². The van der Waals surface area contributed by atoms with Crippen molar-refractivity contribution in [3.63, 3.8) is 0 Å². The minimum atomic E-state index is -0.970. The third-order valence-electron chi connectivity index (χ3n) is 3.95. The second-order valence-corrected chi connectivity index (χ2v) is 6.24. The number of urea groups is 1. The van der Waals surface area contributed by atoms with Gasteiger partial charge in [0.05, 0.1) is 0 Å². The molecule has 6 nitrogen and oxygen atoms in total. The Bertz CT molecular complexity index is 348. The van der Waals surface area contributed by atoms with Crippen LogP contribution in [0.5, 0.6) is 0 Å². The van der Waals surface area contributed by atoms with E-state index in [1.807, 2.05) is 20.9 Å². The fraction of sp³-hybridized carbons (Fsp3) is 0.857. The van der Waals surface area contributed by atoms with E-state index in [0.717, 1.165) is 0 Å². The third-order valence-corrected chi connectivity index (χ3v) is 3.95. The van der Waals surface area contributed by atoms with Crippen molar-refractivity contribution in [2.24, 2.45) is 5.92 Å². The quantitative estimate of drug-likeness (QED) is 0.814. The summed E-state index contributed by atoms with van der Waals surface area (Å²) in [6, 6.07) is -0.534. The van der Waals surface area contributed by atoms with Gasteiger partial charge in [-0.1, -0.05) is 13.8 Å². The predicted molar refractivity (Wildman–Crippen MR) is 77.7 cm³/mol. The molecule has 1 aliphatic rings. The zero-order chi connectivity index (χ0) is 15.4. The first-order chi connectivity index (χ1) is 9.22. The van der Waals surface area contributed by atoms with Gasteiger partial charge in [0.1, 0.15) is 6.04 Å². The number of likely N-dealkylation sites (N-methyl/N-ethyl adjacent to an activating group) is 1. The number of carbonyl (C=O) groups excluding carboxylic acids is 1. The summed E-state index contributed by atoms with van der Waals surface area (Å²) in [5.41, 5.74) is 0. The monoisotopic (exact) mass is 285 g/mol. The van der Waals surface area contributed by atoms with Crippen molar-refractivity contribution in [3.8, 4) is 0 Å². The Balaban J connectivity index is 2.63. The van der Waals surface area contributed by atoms with Gasteiger partial charge in [0, 0.05) is 25.2 Å². The summed E-state index contributed by atoms with van der Waals surface area (Å²) < 4.78 is 0. The number of hydrogen-bond donors (Lipinski definition) is 2. The molecule has 2 unspecified atom stereocenters. The van der Waals surface area contributed by atoms with Crippen LogP contribution < -0.4 is 5.32 Å². The largest absolute Gasteiger partial charge is 0.480 e. The first kappa shape index (κ1) is 16.8. The molecule has 0 saturated carbocycles. The molecule has 0 aromatic carbocycles. The van der Waals surface area contributed by atoms with E-state index >= 15 is 0 Å². The van der Waals surface area contributed by atoms with Crippen LogP contribution in [0.4, 0.5) is 4.79 Å². The number of amides is 2. The van der Waals surface area contributed by atoms with Crippen molar-refractivity contribution >= 4 is 12.0 Å². The number of aliphatic carboxylic acids is 1. The second kappa shape index (κ2) is 6.92. The highest BCUT2D eigenvalue weighted by molar-refractivity contribution is 5.82. The molecule has 0 aliphatic carbocycles. The second-order valence-electron chi connectivity index (χ2n) is 6.24. The number of piperazine rings is 1. The predicted octanol–water partition coefficient (Wildman–Crippen LogP) is 1.22. The van der Waals surface area contributed by atoms with Crippen molar-refractivity contribution < 1.29 is 14.7 Å². The molecule has 1 aliphatic heterocycles. The van der Waals surface area contributed by atoms with Crippen LogP contribution in [-0.2, 0) is 4.79 Å². The Morgan fingerprint density at radius 3 is 2.15 bits per heavy atom. The molecule has 3 atom stereocenters. The molecular weight excluding hydrogens is 258 g/mol. The summed E-state index contributed by atoms with van der Waals surface area (Å²) in [7, 11) is 2.05. The minimum Gasteiger partial charge on any atom is -0.480 e. The van der Waals surface area contributed by atoms with Gasteiger partial charge < -0.3 is 15.3 Å². The molecule has 116 valence electrons. The Morgan fingerprint density at radius 2 is 1.75 bits per heavy atom. The number of rotatable bonds is 4. The summed E-state index contributed by atoms with van der Waals surface area (Å²) in [5, 5.41) is 11.8. The molecule has 0 radical (unpaired) electrons. The van der Waals surface area contributed by atoms with Crippen LogP contribution in [0.1, 0.15) is 34.1 Å². The Hall–Kier alpha value is -1.30. The molecule has 0 aromatic rings. The van der Waals surface area contributed by atoms with Crippen LogP contribution in [0.2, 0.25) is 0 Å². The highest BCUT2D eigenvalue weighted by atomic mass is 16.4. The molecule has 2 amide bonds. The SMILES string of the molecule is CC(C)C[C@H](NC(=O)N1CC(C)N(C)C(C)C1)C(=O)O. The molecule has 1 rings (SSSR count). The first-order valence-corrected chi connectivity index (χ1v) is 7.22. The van der Waals surface area contributed by atoms with Gasteiger partial charge >= 0.3 is 12.0 Å². The van der Waals surface area contributed by atoms with Gasteiger partial charge in [-0.05, 0) is 33.2 Å². The van der Waals surface area contributed by atoms with Gasteiger partial charge in [-0.3, -0.25) is 4.90 Å². The lowest BCUT2D eigenvalue weighted by Gasteiger charge is -2.42. The number of nitrogens with zero attached hydrogens (tertiary/aromatic N) is 2. The molecule has 1 fully saturated rings. The normalized spacial score (nSPS) is 25.6. The van der Waals surface area contributed by atoms with Crippen molar-refractivity contribution in [2.75, 3.05) is 20.1 Å². The van der Waals surface area contributed by atoms with Crippen LogP contribution in [0.3, 0.4) is 0 Å². The standard InChI is InChI=1S/C14H27N3O3/c1-9(2)6-12(13(18)19)15-14(20)17-7-10(3)16(5)11(4)8-17/h9-12H,6-8H2,1-5H3,(H,15,20)(H,18,19)/t10?,11?,12-/m0/s1. The van der Waals surface area contributed by atoms with Crippen molar-refractivity contribution in [1.29, 1.82) is 0 Å². The van der Waals surface area contributed by atoms with Gasteiger partial charge in [-0.25, -0.2) is 9.59 Å². The lowest BCUT2D eigenvalue weighted by Crippen LogP contribution is -2.59. The van der Waals surface area contributed by atoms with Crippen LogP contribution in [-0.4, -0.2) is 65.2 Å². The van der Waals surface area contributed by atoms with E-state index in [-0.39, 0.29) is 24.0 Å². The topological polar surface area (TPSA) is 72.9 Å². The maximum absolute atomic E-state index is 12.2. The first-order valence-electron chi connectivity index (χ1n) is 7.22. The Labute approximate surface area is 121 Å². The maximum atomic E-state index is 12.2. The summed E-state index contributed by atoms with van der Waals surface area (Å²) in [6.07, 6.45) is 0.444. The minimum absolute atomic E-state index is 0.224. The van der Waals surface area contributed by atoms with E-state index in [0.29, 0.717) is 19.5 Å². The van der Waals surface area contributed by atoms with Gasteiger partial charge in [-0.15, -0.1) is 0 Å². The molecule has 1 heterocycles. The van der Waals surface area contributed by atoms with E-state index in [4.69, 9.17) is 0 Å². The van der Waals surface area contributed by atoms with E-state index in [1.165, 1.54) is 0 Å². The highest BCUT2D eigenvalue weighted by Crippen LogP contribution is 2.14. The van der Waals surface area contributed by atoms with Gasteiger partial charge in [0.25, 0.3) is 0 Å². The molecule has 6 heteroatoms. The molecule has 0 aromatic heterocycles. The number of hydrogen-bond acceptors (Lipinski definition) is 3. The Morgan fingerprint density at radius 1 is 1.25 bits per heavy atom. The number of nitrogens with one attached hydrogen (secondary N) is 1. The molecule has 20 heavy (non-hydrogen) atoms. The molecule has 1 saturated heterocycles. The van der Waals surface area contributed by atoms with Gasteiger partial charge in [-0.2, -0.15) is 0 Å². The summed E-state index contributed by atoms with van der Waals surface area (Å²) in [4.78, 5) is 27.4. The van der Waals surface area contributed by atoms with E-state index in [2.05, 4.69) is 24.1 Å². The van der Waals surface area contributed by atoms with Crippen LogP contribution in [0.15, 0.2) is 0 Å². The number of carboxylic acid groups (broad SMARTS) is 1. The average molecular weight is 285 g/mol. The highest BCUT2D eigenvalue weighted by Gasteiger charge is 2.31. The van der Waals surface area contributed by atoms with E-state index in [1.54, 1.807) is 4.90 Å². The molecule has 0 bridgehead atoms. The summed E-state index contributed by atoms with van der Waals surface area (Å²) in [6.45, 7) is 9.28. The Kier molecular flexibility index (Phi) is 5.80. The van der Waals surface area contributed by atoms with E-state index in [9.17, 15) is 14.7 Å². The van der Waals surface area contributed by atoms with Crippen molar-refractivity contribution in [1.82, 2.24) is 15.1 Å². The number of carboxylic acids is 1. The van der Waals surface area contributed by atoms with E-state index < -0.39 is 12.0 Å². The fourth-order valence-corrected chi connectivity index (χ4v) is 2.50. The lowest BCUT2D eigenvalue weighted by atomic mass is 10.0. The molecule has 0 spiro atoms. The third kappa shape index (κ3) is 4.37. The van der Waals surface area contributed by atoms with Crippen LogP contribution >= 0.6 is 0 Å². The zero-order valence-electron chi connectivity index (χ0n) is 13.1. The van der Waals surface area contributed by atoms with Crippen LogP contribution in [0, 0.1) is 5.92 Å². The zero-order valence-corrected chi connectivity index (χ0v) is 13.1. The van der Waals surface area contributed by atoms with Gasteiger partial charge in [0.15, 0.2) is 0 Å². The fourth-order valence-electron chi connectivity index (χ4n) is 2.50. The number of carbonyl (C=O) groups is 2. The molecule has 2 N–H and O–H groups in total. The van der Waals surface area contributed by atoms with Crippen molar-refractivity contribution in [3.05, 3.63) is 0 Å². The molecular formula is C14H27N3O3. The van der Waals surface area contributed by atoms with Gasteiger partial charge in [0.2, 0.25) is 0 Å². The smallest absolute Gasteiger partial charge is 0.326 e.